The molecule has 0 radical (unpaired) electrons. The standard InChI is InChI=1S/C14H19NO/c15-14(9-5-2-6-10-14)13(16)11-12-7-3-1-4-8-12/h1,3-4,7-8H,2,5-6,9-11,15H2. The Kier molecular flexibility index (Phi) is 3.39. The Morgan fingerprint density at radius 3 is 2.38 bits per heavy atom. The Balaban J connectivity index is 2.02. The van der Waals surface area contributed by atoms with Gasteiger partial charge in [0.1, 0.15) is 0 Å². The van der Waals surface area contributed by atoms with Gasteiger partial charge in [0.25, 0.3) is 0 Å². The number of benzene rings is 1. The lowest BCUT2D eigenvalue weighted by molar-refractivity contribution is -0.124. The third kappa shape index (κ3) is 2.50. The van der Waals surface area contributed by atoms with Crippen LogP contribution in [-0.2, 0) is 11.2 Å². The number of nitrogens with two attached hydrogens (primary N) is 1. The summed E-state index contributed by atoms with van der Waals surface area (Å²) in [5.74, 6) is 0.207. The first kappa shape index (κ1) is 11.3. The number of ketones is 1. The third-order valence-corrected chi connectivity index (χ3v) is 3.51. The molecule has 0 atom stereocenters. The van der Waals surface area contributed by atoms with Crippen LogP contribution >= 0.6 is 0 Å². The van der Waals surface area contributed by atoms with E-state index in [2.05, 4.69) is 0 Å². The third-order valence-electron chi connectivity index (χ3n) is 3.51. The molecule has 1 fully saturated rings. The van der Waals surface area contributed by atoms with Crippen LogP contribution in [0, 0.1) is 0 Å². The monoisotopic (exact) mass is 217 g/mol. The topological polar surface area (TPSA) is 43.1 Å². The largest absolute Gasteiger partial charge is 0.319 e. The molecule has 0 spiro atoms. The van der Waals surface area contributed by atoms with Gasteiger partial charge in [-0.1, -0.05) is 49.6 Å². The first-order chi connectivity index (χ1) is 7.71. The van der Waals surface area contributed by atoms with E-state index in [0.29, 0.717) is 6.42 Å². The first-order valence-electron chi connectivity index (χ1n) is 6.07. The van der Waals surface area contributed by atoms with Crippen molar-refractivity contribution in [3.63, 3.8) is 0 Å². The Morgan fingerprint density at radius 2 is 1.75 bits per heavy atom. The van der Waals surface area contributed by atoms with Crippen molar-refractivity contribution in [3.05, 3.63) is 35.9 Å². The summed E-state index contributed by atoms with van der Waals surface area (Å²) in [5.41, 5.74) is 6.73. The molecule has 1 aromatic rings. The van der Waals surface area contributed by atoms with Gasteiger partial charge in [0, 0.05) is 6.42 Å². The van der Waals surface area contributed by atoms with E-state index in [9.17, 15) is 4.79 Å². The zero-order valence-electron chi connectivity index (χ0n) is 9.61. The van der Waals surface area contributed by atoms with Crippen molar-refractivity contribution >= 4 is 5.78 Å². The molecule has 0 aromatic heterocycles. The molecule has 0 heterocycles. The highest BCUT2D eigenvalue weighted by molar-refractivity contribution is 5.90. The van der Waals surface area contributed by atoms with Crippen molar-refractivity contribution < 1.29 is 4.79 Å². The average Bonchev–Trinajstić information content (AvgIpc) is 2.31. The Hall–Kier alpha value is -1.15. The van der Waals surface area contributed by atoms with Gasteiger partial charge in [-0.05, 0) is 18.4 Å². The molecule has 0 unspecified atom stereocenters. The van der Waals surface area contributed by atoms with Gasteiger partial charge >= 0.3 is 0 Å². The molecule has 0 bridgehead atoms. The molecule has 2 rings (SSSR count). The molecule has 0 amide bonds. The van der Waals surface area contributed by atoms with Crippen molar-refractivity contribution in [1.82, 2.24) is 0 Å². The number of rotatable bonds is 3. The lowest BCUT2D eigenvalue weighted by Crippen LogP contribution is -2.50. The first-order valence-corrected chi connectivity index (χ1v) is 6.07. The minimum absolute atomic E-state index is 0.207. The molecule has 1 saturated carbocycles. The van der Waals surface area contributed by atoms with Gasteiger partial charge in [-0.25, -0.2) is 0 Å². The minimum atomic E-state index is -0.548. The zero-order chi connectivity index (χ0) is 11.4. The molecular weight excluding hydrogens is 198 g/mol. The Labute approximate surface area is 96.8 Å². The Morgan fingerprint density at radius 1 is 1.12 bits per heavy atom. The fraction of sp³-hybridized carbons (Fsp3) is 0.500. The summed E-state index contributed by atoms with van der Waals surface area (Å²) >= 11 is 0. The molecule has 0 saturated heterocycles. The van der Waals surface area contributed by atoms with Gasteiger partial charge in [-0.3, -0.25) is 4.79 Å². The maximum absolute atomic E-state index is 12.2. The summed E-state index contributed by atoms with van der Waals surface area (Å²) in [6.07, 6.45) is 5.61. The summed E-state index contributed by atoms with van der Waals surface area (Å²) in [4.78, 5) is 12.2. The summed E-state index contributed by atoms with van der Waals surface area (Å²) in [7, 11) is 0. The molecule has 86 valence electrons. The lowest BCUT2D eigenvalue weighted by atomic mass is 9.78. The molecule has 0 aliphatic heterocycles. The van der Waals surface area contributed by atoms with Crippen molar-refractivity contribution in [3.8, 4) is 0 Å². The van der Waals surface area contributed by atoms with Crippen LogP contribution in [0.1, 0.15) is 37.7 Å². The highest BCUT2D eigenvalue weighted by Crippen LogP contribution is 2.27. The van der Waals surface area contributed by atoms with E-state index in [0.717, 1.165) is 31.2 Å². The van der Waals surface area contributed by atoms with Gasteiger partial charge in [0.15, 0.2) is 5.78 Å². The van der Waals surface area contributed by atoms with Crippen LogP contribution in [0.5, 0.6) is 0 Å². The summed E-state index contributed by atoms with van der Waals surface area (Å²) in [6, 6.07) is 9.88. The van der Waals surface area contributed by atoms with E-state index in [4.69, 9.17) is 5.73 Å². The van der Waals surface area contributed by atoms with Crippen LogP contribution in [0.25, 0.3) is 0 Å². The molecule has 2 heteroatoms. The quantitative estimate of drug-likeness (QED) is 0.845. The van der Waals surface area contributed by atoms with Crippen molar-refractivity contribution in [1.29, 1.82) is 0 Å². The number of hydrogen-bond acceptors (Lipinski definition) is 2. The second-order valence-electron chi connectivity index (χ2n) is 4.80. The molecule has 2 N–H and O–H groups in total. The van der Waals surface area contributed by atoms with Gasteiger partial charge in [-0.15, -0.1) is 0 Å². The van der Waals surface area contributed by atoms with Gasteiger partial charge < -0.3 is 5.73 Å². The predicted octanol–water partition coefficient (Wildman–Crippen LogP) is 2.46. The maximum atomic E-state index is 12.2. The van der Waals surface area contributed by atoms with Crippen LogP contribution in [-0.4, -0.2) is 11.3 Å². The van der Waals surface area contributed by atoms with E-state index in [1.54, 1.807) is 0 Å². The maximum Gasteiger partial charge on any atom is 0.156 e. The van der Waals surface area contributed by atoms with E-state index in [-0.39, 0.29) is 5.78 Å². The van der Waals surface area contributed by atoms with Crippen LogP contribution in [0.15, 0.2) is 30.3 Å². The van der Waals surface area contributed by atoms with E-state index >= 15 is 0 Å². The normalized spacial score (nSPS) is 19.3. The van der Waals surface area contributed by atoms with Crippen molar-refractivity contribution in [2.24, 2.45) is 5.73 Å². The average molecular weight is 217 g/mol. The van der Waals surface area contributed by atoms with Crippen LogP contribution in [0.3, 0.4) is 0 Å². The van der Waals surface area contributed by atoms with Crippen LogP contribution in [0.4, 0.5) is 0 Å². The molecule has 1 aliphatic rings. The summed E-state index contributed by atoms with van der Waals surface area (Å²) in [6.45, 7) is 0. The van der Waals surface area contributed by atoms with E-state index in [1.165, 1.54) is 6.42 Å². The van der Waals surface area contributed by atoms with E-state index in [1.807, 2.05) is 30.3 Å². The highest BCUT2D eigenvalue weighted by atomic mass is 16.1. The van der Waals surface area contributed by atoms with Gasteiger partial charge in [0.2, 0.25) is 0 Å². The molecular formula is C14H19NO. The summed E-state index contributed by atoms with van der Waals surface area (Å²) in [5, 5.41) is 0. The molecule has 2 nitrogen and oxygen atoms in total. The van der Waals surface area contributed by atoms with Gasteiger partial charge in [0.05, 0.1) is 5.54 Å². The van der Waals surface area contributed by atoms with E-state index < -0.39 is 5.54 Å². The number of carbonyl (C=O) groups excluding carboxylic acids is 1. The lowest BCUT2D eigenvalue weighted by Gasteiger charge is -2.31. The minimum Gasteiger partial charge on any atom is -0.319 e. The number of carbonyl (C=O) groups is 1. The summed E-state index contributed by atoms with van der Waals surface area (Å²) < 4.78 is 0. The highest BCUT2D eigenvalue weighted by Gasteiger charge is 2.34. The predicted molar refractivity (Wildman–Crippen MR) is 65.2 cm³/mol. The second-order valence-corrected chi connectivity index (χ2v) is 4.80. The van der Waals surface area contributed by atoms with Crippen LogP contribution in [0.2, 0.25) is 0 Å². The smallest absolute Gasteiger partial charge is 0.156 e. The van der Waals surface area contributed by atoms with Crippen molar-refractivity contribution in [2.75, 3.05) is 0 Å². The number of hydrogen-bond donors (Lipinski definition) is 1. The second kappa shape index (κ2) is 4.79. The molecule has 1 aliphatic carbocycles. The SMILES string of the molecule is NC1(C(=O)Cc2ccccc2)CCCCC1. The molecule has 1 aromatic carbocycles. The number of Topliss-reactive ketones (excluding diaryl/α,β-unsaturated/α-hetero) is 1. The Bertz CT molecular complexity index is 352. The van der Waals surface area contributed by atoms with Gasteiger partial charge in [-0.2, -0.15) is 0 Å². The van der Waals surface area contributed by atoms with Crippen LogP contribution < -0.4 is 5.73 Å². The molecule has 16 heavy (non-hydrogen) atoms. The van der Waals surface area contributed by atoms with Crippen molar-refractivity contribution in [2.45, 2.75) is 44.1 Å². The fourth-order valence-electron chi connectivity index (χ4n) is 2.42. The fourth-order valence-corrected chi connectivity index (χ4v) is 2.42. The zero-order valence-corrected chi connectivity index (χ0v) is 9.61.